The van der Waals surface area contributed by atoms with E-state index in [1.807, 2.05) is 31.3 Å². The smallest absolute Gasteiger partial charge is 0.141 e. The summed E-state index contributed by atoms with van der Waals surface area (Å²) in [4.78, 5) is 3.91. The van der Waals surface area contributed by atoms with Crippen LogP contribution in [0.2, 0.25) is 0 Å². The number of rotatable bonds is 6. The lowest BCUT2D eigenvalue weighted by Crippen LogP contribution is -2.19. The first-order valence-corrected chi connectivity index (χ1v) is 6.75. The summed E-state index contributed by atoms with van der Waals surface area (Å²) in [6, 6.07) is 9.14. The maximum absolute atomic E-state index is 13.4. The summed E-state index contributed by atoms with van der Waals surface area (Å²) in [6.07, 6.45) is 3.82. The molecule has 0 aliphatic carbocycles. The summed E-state index contributed by atoms with van der Waals surface area (Å²) in [5.74, 6) is 0.479. The van der Waals surface area contributed by atoms with Gasteiger partial charge in [0.25, 0.3) is 0 Å². The second kappa shape index (κ2) is 7.01. The van der Waals surface area contributed by atoms with Crippen LogP contribution in [-0.2, 0) is 0 Å². The second-order valence-electron chi connectivity index (χ2n) is 4.54. The molecule has 0 saturated carbocycles. The molecule has 3 nitrogen and oxygen atoms in total. The Bertz CT molecular complexity index is 560. The Morgan fingerprint density at radius 2 is 2.10 bits per heavy atom. The van der Waals surface area contributed by atoms with Crippen LogP contribution < -0.4 is 10.1 Å². The van der Waals surface area contributed by atoms with E-state index >= 15 is 0 Å². The van der Waals surface area contributed by atoms with Gasteiger partial charge in [0.05, 0.1) is 18.8 Å². The molecule has 2 aromatic rings. The van der Waals surface area contributed by atoms with E-state index in [-0.39, 0.29) is 11.9 Å². The first kappa shape index (κ1) is 14.5. The number of para-hydroxylation sites is 1. The van der Waals surface area contributed by atoms with Crippen molar-refractivity contribution in [3.05, 3.63) is 59.7 Å². The fraction of sp³-hybridized carbons (Fsp3) is 0.312. The lowest BCUT2D eigenvalue weighted by Gasteiger charge is -2.20. The molecule has 0 radical (unpaired) electrons. The van der Waals surface area contributed by atoms with E-state index < -0.39 is 0 Å². The molecule has 0 saturated heterocycles. The van der Waals surface area contributed by atoms with Crippen LogP contribution in [0.5, 0.6) is 5.75 Å². The highest BCUT2D eigenvalue weighted by molar-refractivity contribution is 5.41. The zero-order valence-electron chi connectivity index (χ0n) is 11.8. The normalized spacial score (nSPS) is 12.2. The molecule has 106 valence electrons. The predicted molar refractivity (Wildman–Crippen MR) is 77.3 cm³/mol. The highest BCUT2D eigenvalue weighted by atomic mass is 19.1. The van der Waals surface area contributed by atoms with Crippen LogP contribution >= 0.6 is 0 Å². The number of nitrogens with zero attached hydrogens (tertiary/aromatic N) is 1. The first-order valence-electron chi connectivity index (χ1n) is 6.75. The van der Waals surface area contributed by atoms with Gasteiger partial charge in [0.2, 0.25) is 0 Å². The van der Waals surface area contributed by atoms with Gasteiger partial charge in [0, 0.05) is 11.8 Å². The van der Waals surface area contributed by atoms with E-state index in [2.05, 4.69) is 17.2 Å². The molecule has 1 unspecified atom stereocenters. The third-order valence-electron chi connectivity index (χ3n) is 3.04. The van der Waals surface area contributed by atoms with Crippen molar-refractivity contribution in [2.45, 2.75) is 19.4 Å². The summed E-state index contributed by atoms with van der Waals surface area (Å²) in [6.45, 7) is 2.73. The van der Waals surface area contributed by atoms with Crippen molar-refractivity contribution in [3.8, 4) is 5.75 Å². The van der Waals surface area contributed by atoms with E-state index in [0.717, 1.165) is 23.3 Å². The molecule has 4 heteroatoms. The topological polar surface area (TPSA) is 34.1 Å². The second-order valence-corrected chi connectivity index (χ2v) is 4.54. The Balaban J connectivity index is 2.36. The van der Waals surface area contributed by atoms with Crippen LogP contribution in [0.25, 0.3) is 0 Å². The molecule has 1 aromatic heterocycles. The highest BCUT2D eigenvalue weighted by Gasteiger charge is 2.17. The summed E-state index contributed by atoms with van der Waals surface area (Å²) in [5.41, 5.74) is 1.76. The molecular formula is C16H19FN2O. The maximum Gasteiger partial charge on any atom is 0.141 e. The fourth-order valence-corrected chi connectivity index (χ4v) is 2.15. The average molecular weight is 274 g/mol. The van der Waals surface area contributed by atoms with Gasteiger partial charge in [-0.15, -0.1) is 0 Å². The van der Waals surface area contributed by atoms with E-state index in [4.69, 9.17) is 4.74 Å². The van der Waals surface area contributed by atoms with Gasteiger partial charge >= 0.3 is 0 Å². The van der Waals surface area contributed by atoms with Gasteiger partial charge in [-0.05, 0) is 31.2 Å². The van der Waals surface area contributed by atoms with Crippen molar-refractivity contribution < 1.29 is 9.13 Å². The lowest BCUT2D eigenvalue weighted by atomic mass is 9.99. The SMILES string of the molecule is CCCOc1ccccc1C(NC)c1cncc(F)c1. The van der Waals surface area contributed by atoms with Crippen LogP contribution in [-0.4, -0.2) is 18.6 Å². The third-order valence-corrected chi connectivity index (χ3v) is 3.04. The van der Waals surface area contributed by atoms with E-state index in [1.54, 1.807) is 6.20 Å². The molecule has 0 fully saturated rings. The number of ether oxygens (including phenoxy) is 1. The van der Waals surface area contributed by atoms with Crippen molar-refractivity contribution in [1.82, 2.24) is 10.3 Å². The van der Waals surface area contributed by atoms with Crippen molar-refractivity contribution >= 4 is 0 Å². The van der Waals surface area contributed by atoms with Crippen LogP contribution in [0.3, 0.4) is 0 Å². The summed E-state index contributed by atoms with van der Waals surface area (Å²) in [7, 11) is 1.84. The largest absolute Gasteiger partial charge is 0.493 e. The quantitative estimate of drug-likeness (QED) is 0.877. The Morgan fingerprint density at radius 1 is 1.30 bits per heavy atom. The molecule has 2 rings (SSSR count). The number of hydrogen-bond donors (Lipinski definition) is 1. The molecule has 1 atom stereocenters. The monoisotopic (exact) mass is 274 g/mol. The van der Waals surface area contributed by atoms with Crippen molar-refractivity contribution in [2.24, 2.45) is 0 Å². The summed E-state index contributed by atoms with van der Waals surface area (Å²) >= 11 is 0. The van der Waals surface area contributed by atoms with Crippen LogP contribution in [0.1, 0.15) is 30.5 Å². The van der Waals surface area contributed by atoms with Gasteiger partial charge in [-0.3, -0.25) is 4.98 Å². The maximum atomic E-state index is 13.4. The molecule has 0 aliphatic rings. The van der Waals surface area contributed by atoms with Gasteiger partial charge in [-0.25, -0.2) is 4.39 Å². The number of pyridine rings is 1. The first-order chi connectivity index (χ1) is 9.76. The lowest BCUT2D eigenvalue weighted by molar-refractivity contribution is 0.312. The Labute approximate surface area is 118 Å². The Hall–Kier alpha value is -1.94. The molecule has 1 N–H and O–H groups in total. The molecule has 0 spiro atoms. The molecule has 20 heavy (non-hydrogen) atoms. The molecule has 0 amide bonds. The average Bonchev–Trinajstić information content (AvgIpc) is 2.47. The van der Waals surface area contributed by atoms with Gasteiger partial charge in [-0.1, -0.05) is 25.1 Å². The van der Waals surface area contributed by atoms with E-state index in [0.29, 0.717) is 6.61 Å². The molecule has 0 aliphatic heterocycles. The Morgan fingerprint density at radius 3 is 2.80 bits per heavy atom. The summed E-state index contributed by atoms with van der Waals surface area (Å²) in [5, 5.41) is 3.19. The zero-order valence-corrected chi connectivity index (χ0v) is 11.8. The minimum Gasteiger partial charge on any atom is -0.493 e. The van der Waals surface area contributed by atoms with E-state index in [1.165, 1.54) is 12.3 Å². The van der Waals surface area contributed by atoms with Crippen molar-refractivity contribution in [3.63, 3.8) is 0 Å². The Kier molecular flexibility index (Phi) is 5.07. The summed E-state index contributed by atoms with van der Waals surface area (Å²) < 4.78 is 19.1. The number of nitrogens with one attached hydrogen (secondary N) is 1. The zero-order chi connectivity index (χ0) is 14.4. The molecule has 0 bridgehead atoms. The minimum absolute atomic E-state index is 0.147. The van der Waals surface area contributed by atoms with Gasteiger partial charge in [0.15, 0.2) is 0 Å². The molecular weight excluding hydrogens is 255 g/mol. The number of aromatic nitrogens is 1. The molecule has 1 heterocycles. The number of hydrogen-bond acceptors (Lipinski definition) is 3. The standard InChI is InChI=1S/C16H19FN2O/c1-3-8-20-15-7-5-4-6-14(15)16(18-2)12-9-13(17)11-19-10-12/h4-7,9-11,16,18H,3,8H2,1-2H3. The van der Waals surface area contributed by atoms with Gasteiger partial charge in [0.1, 0.15) is 11.6 Å². The third kappa shape index (κ3) is 3.33. The van der Waals surface area contributed by atoms with E-state index in [9.17, 15) is 4.39 Å². The fourth-order valence-electron chi connectivity index (χ4n) is 2.15. The van der Waals surface area contributed by atoms with Crippen LogP contribution in [0.4, 0.5) is 4.39 Å². The van der Waals surface area contributed by atoms with Gasteiger partial charge in [-0.2, -0.15) is 0 Å². The number of halogens is 1. The molecule has 1 aromatic carbocycles. The predicted octanol–water partition coefficient (Wildman–Crippen LogP) is 3.32. The van der Waals surface area contributed by atoms with Gasteiger partial charge < -0.3 is 10.1 Å². The minimum atomic E-state index is -0.338. The van der Waals surface area contributed by atoms with Crippen molar-refractivity contribution in [2.75, 3.05) is 13.7 Å². The van der Waals surface area contributed by atoms with Crippen molar-refractivity contribution in [1.29, 1.82) is 0 Å². The highest BCUT2D eigenvalue weighted by Crippen LogP contribution is 2.29. The van der Waals surface area contributed by atoms with Crippen LogP contribution in [0.15, 0.2) is 42.7 Å². The number of benzene rings is 1. The van der Waals surface area contributed by atoms with Crippen LogP contribution in [0, 0.1) is 5.82 Å².